The maximum absolute atomic E-state index is 6.22. The zero-order valence-corrected chi connectivity index (χ0v) is 15.7. The zero-order chi connectivity index (χ0) is 16.2. The number of halogens is 2. The van der Waals surface area contributed by atoms with Crippen LogP contribution in [0.25, 0.3) is 11.4 Å². The Hall–Kier alpha value is -1.30. The molecule has 0 fully saturated rings. The first-order valence-electron chi connectivity index (χ1n) is 7.24. The molecule has 1 aromatic heterocycles. The number of hydrogen-bond acceptors (Lipinski definition) is 3. The van der Waals surface area contributed by atoms with Crippen molar-refractivity contribution in [1.82, 2.24) is 14.8 Å². The van der Waals surface area contributed by atoms with Gasteiger partial charge < -0.3 is 4.57 Å². The minimum Gasteiger partial charge on any atom is -0.302 e. The maximum Gasteiger partial charge on any atom is 0.191 e. The van der Waals surface area contributed by atoms with Crippen LogP contribution in [0.3, 0.4) is 0 Å². The molecule has 0 radical (unpaired) electrons. The molecule has 0 saturated heterocycles. The van der Waals surface area contributed by atoms with E-state index in [4.69, 9.17) is 11.6 Å². The number of thioether (sulfide) groups is 1. The van der Waals surface area contributed by atoms with Crippen LogP contribution >= 0.6 is 39.3 Å². The summed E-state index contributed by atoms with van der Waals surface area (Å²) >= 11 is 11.3. The molecule has 118 valence electrons. The average Bonchev–Trinajstić information content (AvgIpc) is 2.97. The van der Waals surface area contributed by atoms with Gasteiger partial charge in [0.05, 0.1) is 0 Å². The Morgan fingerprint density at radius 2 is 1.83 bits per heavy atom. The highest BCUT2D eigenvalue weighted by Gasteiger charge is 2.13. The third-order valence-electron chi connectivity index (χ3n) is 3.45. The lowest BCUT2D eigenvalue weighted by Crippen LogP contribution is -1.99. The lowest BCUT2D eigenvalue weighted by molar-refractivity contribution is 0.687. The van der Waals surface area contributed by atoms with Crippen LogP contribution < -0.4 is 0 Å². The molecule has 3 nitrogen and oxygen atoms in total. The van der Waals surface area contributed by atoms with Crippen molar-refractivity contribution in [1.29, 1.82) is 0 Å². The van der Waals surface area contributed by atoms with E-state index in [1.807, 2.05) is 48.5 Å². The van der Waals surface area contributed by atoms with Crippen molar-refractivity contribution in [3.8, 4) is 11.4 Å². The smallest absolute Gasteiger partial charge is 0.191 e. The van der Waals surface area contributed by atoms with Gasteiger partial charge in [-0.15, -0.1) is 10.2 Å². The second-order valence-corrected chi connectivity index (χ2v) is 7.20. The normalized spacial score (nSPS) is 10.9. The van der Waals surface area contributed by atoms with Gasteiger partial charge in [0.15, 0.2) is 11.0 Å². The minimum atomic E-state index is 0.776. The number of aromatic nitrogens is 3. The zero-order valence-electron chi connectivity index (χ0n) is 12.5. The SMILES string of the molecule is CCn1c(SCc2ccccc2Cl)nnc1-c1ccc(Br)cc1. The number of nitrogens with zero attached hydrogens (tertiary/aromatic N) is 3. The molecule has 6 heteroatoms. The molecule has 3 rings (SSSR count). The van der Waals surface area contributed by atoms with E-state index in [1.54, 1.807) is 11.8 Å². The molecular formula is C17H15BrClN3S. The average molecular weight is 409 g/mol. The Morgan fingerprint density at radius 3 is 2.52 bits per heavy atom. The summed E-state index contributed by atoms with van der Waals surface area (Å²) in [6.45, 7) is 2.93. The van der Waals surface area contributed by atoms with Crippen molar-refractivity contribution < 1.29 is 0 Å². The van der Waals surface area contributed by atoms with E-state index < -0.39 is 0 Å². The molecule has 0 spiro atoms. The molecule has 0 aliphatic rings. The van der Waals surface area contributed by atoms with Crippen molar-refractivity contribution in [2.24, 2.45) is 0 Å². The standard InChI is InChI=1S/C17H15BrClN3S/c1-2-22-16(12-7-9-14(18)10-8-12)20-21-17(22)23-11-13-5-3-4-6-15(13)19/h3-10H,2,11H2,1H3. The molecule has 0 N–H and O–H groups in total. The number of hydrogen-bond donors (Lipinski definition) is 0. The molecule has 0 saturated carbocycles. The van der Waals surface area contributed by atoms with Crippen molar-refractivity contribution >= 4 is 39.3 Å². The Morgan fingerprint density at radius 1 is 1.09 bits per heavy atom. The fraction of sp³-hybridized carbons (Fsp3) is 0.176. The van der Waals surface area contributed by atoms with Crippen LogP contribution in [-0.4, -0.2) is 14.8 Å². The van der Waals surface area contributed by atoms with Crippen LogP contribution in [0.15, 0.2) is 58.2 Å². The molecule has 3 aromatic rings. The van der Waals surface area contributed by atoms with E-state index in [0.717, 1.165) is 43.9 Å². The first-order valence-corrected chi connectivity index (χ1v) is 9.40. The largest absolute Gasteiger partial charge is 0.302 e. The van der Waals surface area contributed by atoms with Gasteiger partial charge in [-0.1, -0.05) is 69.6 Å². The van der Waals surface area contributed by atoms with Gasteiger partial charge in [-0.2, -0.15) is 0 Å². The van der Waals surface area contributed by atoms with E-state index in [2.05, 4.69) is 37.6 Å². The van der Waals surface area contributed by atoms with E-state index in [1.165, 1.54) is 0 Å². The summed E-state index contributed by atoms with van der Waals surface area (Å²) in [5.41, 5.74) is 2.17. The first kappa shape index (κ1) is 16.6. The molecule has 0 aliphatic carbocycles. The highest BCUT2D eigenvalue weighted by Crippen LogP contribution is 2.29. The third-order valence-corrected chi connectivity index (χ3v) is 5.36. The summed E-state index contributed by atoms with van der Waals surface area (Å²) in [4.78, 5) is 0. The van der Waals surface area contributed by atoms with E-state index >= 15 is 0 Å². The van der Waals surface area contributed by atoms with Crippen molar-refractivity contribution in [3.63, 3.8) is 0 Å². The fourth-order valence-corrected chi connectivity index (χ4v) is 3.80. The summed E-state index contributed by atoms with van der Waals surface area (Å²) in [5.74, 6) is 1.67. The van der Waals surface area contributed by atoms with Crippen LogP contribution in [0.1, 0.15) is 12.5 Å². The molecule has 2 aromatic carbocycles. The molecular weight excluding hydrogens is 394 g/mol. The molecule has 0 unspecified atom stereocenters. The number of rotatable bonds is 5. The van der Waals surface area contributed by atoms with Crippen LogP contribution in [0.4, 0.5) is 0 Å². The highest BCUT2D eigenvalue weighted by molar-refractivity contribution is 9.10. The summed E-state index contributed by atoms with van der Waals surface area (Å²) < 4.78 is 3.18. The van der Waals surface area contributed by atoms with Crippen LogP contribution in [0, 0.1) is 0 Å². The minimum absolute atomic E-state index is 0.776. The van der Waals surface area contributed by atoms with Gasteiger partial charge in [0, 0.05) is 27.4 Å². The third kappa shape index (κ3) is 3.79. The summed E-state index contributed by atoms with van der Waals surface area (Å²) in [7, 11) is 0. The summed E-state index contributed by atoms with van der Waals surface area (Å²) in [6, 6.07) is 16.0. The quantitative estimate of drug-likeness (QED) is 0.509. The predicted molar refractivity (Wildman–Crippen MR) is 99.8 cm³/mol. The van der Waals surface area contributed by atoms with Gasteiger partial charge in [0.25, 0.3) is 0 Å². The Balaban J connectivity index is 1.84. The van der Waals surface area contributed by atoms with E-state index in [-0.39, 0.29) is 0 Å². The van der Waals surface area contributed by atoms with Gasteiger partial charge >= 0.3 is 0 Å². The summed E-state index contributed by atoms with van der Waals surface area (Å²) in [5, 5.41) is 10.4. The lowest BCUT2D eigenvalue weighted by Gasteiger charge is -2.08. The van der Waals surface area contributed by atoms with E-state index in [0.29, 0.717) is 0 Å². The van der Waals surface area contributed by atoms with Gasteiger partial charge in [-0.05, 0) is 30.7 Å². The second-order valence-electron chi connectivity index (χ2n) is 4.94. The first-order chi connectivity index (χ1) is 11.2. The van der Waals surface area contributed by atoms with Gasteiger partial charge in [-0.25, -0.2) is 0 Å². The van der Waals surface area contributed by atoms with Crippen molar-refractivity contribution in [3.05, 3.63) is 63.6 Å². The summed E-state index contributed by atoms with van der Waals surface area (Å²) in [6.07, 6.45) is 0. The number of benzene rings is 2. The van der Waals surface area contributed by atoms with Crippen LogP contribution in [0.5, 0.6) is 0 Å². The topological polar surface area (TPSA) is 30.7 Å². The monoisotopic (exact) mass is 407 g/mol. The van der Waals surface area contributed by atoms with Crippen molar-refractivity contribution in [2.45, 2.75) is 24.4 Å². The van der Waals surface area contributed by atoms with Crippen LogP contribution in [0.2, 0.25) is 5.02 Å². The Labute approximate surface area is 153 Å². The molecule has 0 amide bonds. The molecule has 0 bridgehead atoms. The van der Waals surface area contributed by atoms with Crippen LogP contribution in [-0.2, 0) is 12.3 Å². The molecule has 1 heterocycles. The Bertz CT molecular complexity index is 802. The van der Waals surface area contributed by atoms with Gasteiger partial charge in [0.1, 0.15) is 0 Å². The lowest BCUT2D eigenvalue weighted by atomic mass is 10.2. The highest BCUT2D eigenvalue weighted by atomic mass is 79.9. The van der Waals surface area contributed by atoms with Gasteiger partial charge in [-0.3, -0.25) is 0 Å². The molecule has 0 atom stereocenters. The maximum atomic E-state index is 6.22. The predicted octanol–water partition coefficient (Wildman–Crippen LogP) is 5.67. The van der Waals surface area contributed by atoms with E-state index in [9.17, 15) is 0 Å². The fourth-order valence-electron chi connectivity index (χ4n) is 2.25. The Kier molecular flexibility index (Phi) is 5.41. The molecule has 0 aliphatic heterocycles. The second kappa shape index (κ2) is 7.51. The molecule has 23 heavy (non-hydrogen) atoms. The van der Waals surface area contributed by atoms with Crippen molar-refractivity contribution in [2.75, 3.05) is 0 Å². The van der Waals surface area contributed by atoms with Gasteiger partial charge in [0.2, 0.25) is 0 Å².